The number of carbonyl (C=O) groups excluding carboxylic acids is 1. The van der Waals surface area contributed by atoms with Gasteiger partial charge in [0.2, 0.25) is 15.9 Å². The summed E-state index contributed by atoms with van der Waals surface area (Å²) in [4.78, 5) is 12.7. The highest BCUT2D eigenvalue weighted by Crippen LogP contribution is 2.26. The van der Waals surface area contributed by atoms with Crippen LogP contribution in [0.2, 0.25) is 0 Å². The number of piperidine rings is 1. The van der Waals surface area contributed by atoms with Gasteiger partial charge in [0.05, 0.1) is 23.1 Å². The molecule has 3 rings (SSSR count). The second-order valence-corrected chi connectivity index (χ2v) is 8.51. The fourth-order valence-electron chi connectivity index (χ4n) is 3.20. The lowest BCUT2D eigenvalue weighted by Crippen LogP contribution is -2.43. The Morgan fingerprint density at radius 3 is 2.61 bits per heavy atom. The molecule has 1 heterocycles. The Bertz CT molecular complexity index is 931. The van der Waals surface area contributed by atoms with Crippen LogP contribution in [0.3, 0.4) is 0 Å². The molecule has 28 heavy (non-hydrogen) atoms. The molecule has 0 radical (unpaired) electrons. The van der Waals surface area contributed by atoms with Crippen LogP contribution >= 0.6 is 0 Å². The molecule has 0 saturated carbocycles. The zero-order valence-corrected chi connectivity index (χ0v) is 16.4. The molecule has 2 aromatic rings. The summed E-state index contributed by atoms with van der Waals surface area (Å²) < 4.78 is 46.3. The van der Waals surface area contributed by atoms with Crippen LogP contribution in [0, 0.1) is 11.7 Å². The molecule has 1 aliphatic rings. The van der Waals surface area contributed by atoms with Gasteiger partial charge in [-0.05, 0) is 56.2 Å². The van der Waals surface area contributed by atoms with Crippen molar-refractivity contribution in [1.82, 2.24) is 4.31 Å². The first-order valence-electron chi connectivity index (χ1n) is 9.20. The van der Waals surface area contributed by atoms with Crippen molar-refractivity contribution in [3.8, 4) is 5.75 Å². The van der Waals surface area contributed by atoms with Crippen LogP contribution in [-0.4, -0.2) is 38.3 Å². The predicted molar refractivity (Wildman–Crippen MR) is 104 cm³/mol. The van der Waals surface area contributed by atoms with Crippen molar-refractivity contribution in [1.29, 1.82) is 0 Å². The minimum absolute atomic E-state index is 0.0653. The number of sulfonamides is 1. The molecule has 1 aliphatic heterocycles. The average molecular weight is 406 g/mol. The van der Waals surface area contributed by atoms with Crippen molar-refractivity contribution in [2.45, 2.75) is 24.7 Å². The Morgan fingerprint density at radius 2 is 1.93 bits per heavy atom. The van der Waals surface area contributed by atoms with Crippen LogP contribution in [0.15, 0.2) is 53.4 Å². The number of benzene rings is 2. The largest absolute Gasteiger partial charge is 0.494 e. The molecule has 2 aromatic carbocycles. The first-order chi connectivity index (χ1) is 13.4. The van der Waals surface area contributed by atoms with E-state index in [0.29, 0.717) is 31.7 Å². The van der Waals surface area contributed by atoms with Crippen LogP contribution in [-0.2, 0) is 14.8 Å². The Morgan fingerprint density at radius 1 is 1.21 bits per heavy atom. The second kappa shape index (κ2) is 8.70. The molecule has 0 aliphatic carbocycles. The van der Waals surface area contributed by atoms with E-state index < -0.39 is 21.8 Å². The summed E-state index contributed by atoms with van der Waals surface area (Å²) in [6, 6.07) is 12.1. The van der Waals surface area contributed by atoms with E-state index in [9.17, 15) is 17.6 Å². The number of hydrogen-bond donors (Lipinski definition) is 1. The first kappa shape index (κ1) is 20.3. The minimum Gasteiger partial charge on any atom is -0.494 e. The van der Waals surface area contributed by atoms with Gasteiger partial charge in [-0.3, -0.25) is 4.79 Å². The van der Waals surface area contributed by atoms with Gasteiger partial charge >= 0.3 is 0 Å². The van der Waals surface area contributed by atoms with Crippen LogP contribution < -0.4 is 10.1 Å². The zero-order chi connectivity index (χ0) is 20.1. The third-order valence-corrected chi connectivity index (χ3v) is 6.54. The maximum atomic E-state index is 13.8. The number of para-hydroxylation sites is 1. The number of rotatable bonds is 6. The highest BCUT2D eigenvalue weighted by atomic mass is 32.2. The molecule has 0 bridgehead atoms. The maximum absolute atomic E-state index is 13.8. The summed E-state index contributed by atoms with van der Waals surface area (Å²) in [7, 11) is -3.72. The predicted octanol–water partition coefficient (Wildman–Crippen LogP) is 3.26. The maximum Gasteiger partial charge on any atom is 0.243 e. The van der Waals surface area contributed by atoms with Crippen molar-refractivity contribution in [3.63, 3.8) is 0 Å². The third kappa shape index (κ3) is 4.51. The number of anilines is 1. The summed E-state index contributed by atoms with van der Waals surface area (Å²) in [6.07, 6.45) is 1.11. The van der Waals surface area contributed by atoms with Crippen molar-refractivity contribution in [2.24, 2.45) is 5.92 Å². The number of halogens is 1. The highest BCUT2D eigenvalue weighted by molar-refractivity contribution is 7.89. The number of ether oxygens (including phenoxy) is 1. The number of hydrogen-bond acceptors (Lipinski definition) is 4. The summed E-state index contributed by atoms with van der Waals surface area (Å²) in [5, 5.41) is 2.56. The Hall–Kier alpha value is -2.45. The monoisotopic (exact) mass is 406 g/mol. The molecule has 1 atom stereocenters. The van der Waals surface area contributed by atoms with E-state index in [1.54, 1.807) is 18.2 Å². The first-order valence-corrected chi connectivity index (χ1v) is 10.6. The lowest BCUT2D eigenvalue weighted by atomic mass is 9.98. The number of carbonyl (C=O) groups is 1. The zero-order valence-electron chi connectivity index (χ0n) is 15.6. The second-order valence-electron chi connectivity index (χ2n) is 6.58. The molecule has 1 amide bonds. The summed E-state index contributed by atoms with van der Waals surface area (Å²) >= 11 is 0. The molecular formula is C20H23FN2O4S. The quantitative estimate of drug-likeness (QED) is 0.799. The smallest absolute Gasteiger partial charge is 0.243 e. The van der Waals surface area contributed by atoms with Gasteiger partial charge in [0, 0.05) is 13.1 Å². The fourth-order valence-corrected chi connectivity index (χ4v) is 4.72. The molecular weight excluding hydrogens is 383 g/mol. The average Bonchev–Trinajstić information content (AvgIpc) is 2.70. The van der Waals surface area contributed by atoms with Crippen molar-refractivity contribution < 1.29 is 22.3 Å². The Balaban J connectivity index is 1.71. The number of amides is 1. The molecule has 6 nitrogen and oxygen atoms in total. The van der Waals surface area contributed by atoms with Gasteiger partial charge in [0.1, 0.15) is 11.6 Å². The Kier molecular flexibility index (Phi) is 6.31. The number of nitrogens with one attached hydrogen (secondary N) is 1. The van der Waals surface area contributed by atoms with E-state index >= 15 is 0 Å². The van der Waals surface area contributed by atoms with Crippen LogP contribution in [0.5, 0.6) is 5.75 Å². The Labute approximate surface area is 164 Å². The molecule has 1 N–H and O–H groups in total. The van der Waals surface area contributed by atoms with Gasteiger partial charge in [0.25, 0.3) is 0 Å². The molecule has 0 aromatic heterocycles. The summed E-state index contributed by atoms with van der Waals surface area (Å²) in [5.74, 6) is -0.838. The number of nitrogens with zero attached hydrogens (tertiary/aromatic N) is 1. The standard InChI is InChI=1S/C20H23FN2O4S/c1-2-27-16-9-11-17(12-10-16)28(25,26)23-13-5-6-15(14-23)20(24)22-19-8-4-3-7-18(19)21/h3-4,7-12,15H,2,5-6,13-14H2,1H3,(H,22,24). The van der Waals surface area contributed by atoms with E-state index in [1.807, 2.05) is 6.92 Å². The van der Waals surface area contributed by atoms with E-state index in [2.05, 4.69) is 5.32 Å². The summed E-state index contributed by atoms with van der Waals surface area (Å²) in [5.41, 5.74) is 0.0963. The van der Waals surface area contributed by atoms with Gasteiger partial charge < -0.3 is 10.1 Å². The topological polar surface area (TPSA) is 75.7 Å². The molecule has 1 unspecified atom stereocenters. The molecule has 0 spiro atoms. The van der Waals surface area contributed by atoms with Crippen LogP contribution in [0.4, 0.5) is 10.1 Å². The van der Waals surface area contributed by atoms with Gasteiger partial charge in [-0.25, -0.2) is 12.8 Å². The minimum atomic E-state index is -3.72. The van der Waals surface area contributed by atoms with Crippen molar-refractivity contribution in [3.05, 3.63) is 54.3 Å². The van der Waals surface area contributed by atoms with E-state index in [0.717, 1.165) is 0 Å². The van der Waals surface area contributed by atoms with Crippen LogP contribution in [0.1, 0.15) is 19.8 Å². The van der Waals surface area contributed by atoms with E-state index in [4.69, 9.17) is 4.74 Å². The highest BCUT2D eigenvalue weighted by Gasteiger charge is 2.33. The molecule has 1 saturated heterocycles. The van der Waals surface area contributed by atoms with Gasteiger partial charge in [-0.15, -0.1) is 0 Å². The summed E-state index contributed by atoms with van der Waals surface area (Å²) in [6.45, 7) is 2.76. The molecule has 8 heteroatoms. The molecule has 150 valence electrons. The van der Waals surface area contributed by atoms with E-state index in [-0.39, 0.29) is 23.0 Å². The third-order valence-electron chi connectivity index (χ3n) is 4.66. The van der Waals surface area contributed by atoms with E-state index in [1.165, 1.54) is 34.6 Å². The fraction of sp³-hybridized carbons (Fsp3) is 0.350. The van der Waals surface area contributed by atoms with Gasteiger partial charge in [-0.2, -0.15) is 4.31 Å². The van der Waals surface area contributed by atoms with Crippen molar-refractivity contribution >= 4 is 21.6 Å². The normalized spacial score (nSPS) is 17.9. The van der Waals surface area contributed by atoms with Crippen molar-refractivity contribution in [2.75, 3.05) is 25.0 Å². The van der Waals surface area contributed by atoms with Gasteiger partial charge in [-0.1, -0.05) is 12.1 Å². The lowest BCUT2D eigenvalue weighted by molar-refractivity contribution is -0.120. The SMILES string of the molecule is CCOc1ccc(S(=O)(=O)N2CCCC(C(=O)Nc3ccccc3F)C2)cc1. The van der Waals surface area contributed by atoms with Crippen LogP contribution in [0.25, 0.3) is 0 Å². The molecule has 1 fully saturated rings. The van der Waals surface area contributed by atoms with Gasteiger partial charge in [0.15, 0.2) is 0 Å². The lowest BCUT2D eigenvalue weighted by Gasteiger charge is -2.31.